The first-order valence-corrected chi connectivity index (χ1v) is 13.2. The third-order valence-corrected chi connectivity index (χ3v) is 9.42. The fourth-order valence-electron chi connectivity index (χ4n) is 7.28. The zero-order valence-electron chi connectivity index (χ0n) is 19.2. The summed E-state index contributed by atoms with van der Waals surface area (Å²) in [6, 6.07) is 6.54. The number of nitrogens with zero attached hydrogens (tertiary/aromatic N) is 2. The van der Waals surface area contributed by atoms with Gasteiger partial charge in [0, 0.05) is 39.1 Å². The van der Waals surface area contributed by atoms with Crippen LogP contribution in [0, 0.1) is 17.3 Å². The van der Waals surface area contributed by atoms with Gasteiger partial charge in [0.15, 0.2) is 0 Å². The summed E-state index contributed by atoms with van der Waals surface area (Å²) in [4.78, 5) is 45.3. The fourth-order valence-corrected chi connectivity index (χ4v) is 8.33. The van der Waals surface area contributed by atoms with E-state index in [-0.39, 0.29) is 50.9 Å². The first kappa shape index (κ1) is 25.3. The second-order valence-electron chi connectivity index (χ2n) is 9.93. The molecule has 37 heavy (non-hydrogen) atoms. The van der Waals surface area contributed by atoms with Gasteiger partial charge in [0.05, 0.1) is 27.7 Å². The number of halogens is 6. The van der Waals surface area contributed by atoms with Crippen molar-refractivity contribution in [3.8, 4) is 0 Å². The van der Waals surface area contributed by atoms with Crippen molar-refractivity contribution in [2.24, 2.45) is 17.3 Å². The number of rotatable bonds is 3. The van der Waals surface area contributed by atoms with Crippen LogP contribution in [0.2, 0.25) is 20.1 Å². The molecule has 0 saturated carbocycles. The molecule has 3 fully saturated rings. The molecule has 0 radical (unpaired) electrons. The van der Waals surface area contributed by atoms with Crippen molar-refractivity contribution >= 4 is 75.5 Å². The predicted octanol–water partition coefficient (Wildman–Crippen LogP) is 6.00. The summed E-state index contributed by atoms with van der Waals surface area (Å²) in [6.07, 6.45) is -2.64. The van der Waals surface area contributed by atoms with E-state index < -0.39 is 53.0 Å². The number of nitrogens with one attached hydrogen (secondary N) is 1. The van der Waals surface area contributed by atoms with Crippen LogP contribution in [0.1, 0.15) is 25.3 Å². The Balaban J connectivity index is 1.65. The van der Waals surface area contributed by atoms with E-state index in [1.807, 2.05) is 0 Å². The number of anilines is 2. The van der Waals surface area contributed by atoms with E-state index in [4.69, 9.17) is 46.4 Å². The Labute approximate surface area is 230 Å². The Morgan fingerprint density at radius 2 is 1.68 bits per heavy atom. The second kappa shape index (κ2) is 8.26. The number of imide groups is 1. The Hall–Kier alpha value is -1.97. The molecule has 6 rings (SSSR count). The SMILES string of the molecule is CCC12C(=O)N(c3cc(Cl)cc(Cl)c3)C(=O)C1C1CC(C(F)F)CN1C21C(=O)Nc2c(Cl)cc(Cl)cc21. The highest BCUT2D eigenvalue weighted by Crippen LogP contribution is 2.69. The van der Waals surface area contributed by atoms with Gasteiger partial charge in [-0.2, -0.15) is 0 Å². The molecule has 3 saturated heterocycles. The largest absolute Gasteiger partial charge is 0.322 e. The monoisotopic (exact) mass is 587 g/mol. The number of hydrogen-bond acceptors (Lipinski definition) is 4. The van der Waals surface area contributed by atoms with Crippen LogP contribution in [0.25, 0.3) is 0 Å². The van der Waals surface area contributed by atoms with Gasteiger partial charge in [0.2, 0.25) is 18.2 Å². The molecule has 4 heterocycles. The van der Waals surface area contributed by atoms with Gasteiger partial charge in [-0.1, -0.05) is 53.3 Å². The van der Waals surface area contributed by atoms with Crippen LogP contribution < -0.4 is 10.2 Å². The topological polar surface area (TPSA) is 69.7 Å². The van der Waals surface area contributed by atoms with E-state index in [0.29, 0.717) is 5.56 Å². The lowest BCUT2D eigenvalue weighted by molar-refractivity contribution is -0.144. The maximum atomic E-state index is 14.5. The highest BCUT2D eigenvalue weighted by molar-refractivity contribution is 6.39. The minimum atomic E-state index is -2.67. The molecule has 2 aromatic carbocycles. The van der Waals surface area contributed by atoms with Gasteiger partial charge in [-0.25, -0.2) is 13.7 Å². The van der Waals surface area contributed by atoms with E-state index in [9.17, 15) is 23.2 Å². The van der Waals surface area contributed by atoms with E-state index in [1.165, 1.54) is 30.3 Å². The van der Waals surface area contributed by atoms with E-state index in [2.05, 4.69) is 5.32 Å². The first-order chi connectivity index (χ1) is 17.5. The number of carbonyl (C=O) groups excluding carboxylic acids is 3. The van der Waals surface area contributed by atoms with Crippen LogP contribution in [0.15, 0.2) is 30.3 Å². The Morgan fingerprint density at radius 1 is 1.03 bits per heavy atom. The number of carbonyl (C=O) groups is 3. The molecule has 194 valence electrons. The molecule has 3 amide bonds. The van der Waals surface area contributed by atoms with E-state index >= 15 is 0 Å². The lowest BCUT2D eigenvalue weighted by Gasteiger charge is -2.43. The summed E-state index contributed by atoms with van der Waals surface area (Å²) in [5.41, 5.74) is -2.66. The summed E-state index contributed by atoms with van der Waals surface area (Å²) in [6.45, 7) is 1.56. The summed E-state index contributed by atoms with van der Waals surface area (Å²) < 4.78 is 28.0. The van der Waals surface area contributed by atoms with Crippen molar-refractivity contribution in [2.75, 3.05) is 16.8 Å². The normalized spacial score (nSPS) is 32.5. The van der Waals surface area contributed by atoms with Crippen molar-refractivity contribution in [2.45, 2.75) is 37.8 Å². The highest BCUT2D eigenvalue weighted by atomic mass is 35.5. The Kier molecular flexibility index (Phi) is 5.65. The molecular weight excluding hydrogens is 570 g/mol. The molecule has 1 spiro atoms. The number of fused-ring (bicyclic) bond motifs is 7. The smallest absolute Gasteiger partial charge is 0.250 e. The van der Waals surface area contributed by atoms with Gasteiger partial charge >= 0.3 is 0 Å². The number of benzene rings is 2. The van der Waals surface area contributed by atoms with E-state index in [1.54, 1.807) is 11.8 Å². The summed E-state index contributed by atoms with van der Waals surface area (Å²) >= 11 is 25.2. The lowest BCUT2D eigenvalue weighted by atomic mass is 9.60. The standard InChI is InChI=1S/C25H19Cl4F2N3O3/c1-2-24-18(21(35)34(23(24)37)14-5-11(26)4-12(27)6-14)17-3-10(20(30)31)9-33(17)25(24)15-7-13(28)8-16(29)19(15)32-22(25)36/h4-8,10,17-18,20H,2-3,9H2,1H3,(H,32,36). The number of amides is 3. The zero-order chi connectivity index (χ0) is 26.6. The summed E-state index contributed by atoms with van der Waals surface area (Å²) in [5.74, 6) is -3.95. The van der Waals surface area contributed by atoms with Crippen LogP contribution in [0.5, 0.6) is 0 Å². The minimum Gasteiger partial charge on any atom is -0.322 e. The molecule has 0 aromatic heterocycles. The third-order valence-electron chi connectivity index (χ3n) is 8.47. The van der Waals surface area contributed by atoms with Crippen LogP contribution in [-0.2, 0) is 19.9 Å². The number of hydrogen-bond donors (Lipinski definition) is 1. The summed E-state index contributed by atoms with van der Waals surface area (Å²) in [5, 5.41) is 3.57. The summed E-state index contributed by atoms with van der Waals surface area (Å²) in [7, 11) is 0. The molecule has 5 atom stereocenters. The van der Waals surface area contributed by atoms with Gasteiger partial charge in [0.25, 0.3) is 5.91 Å². The molecule has 1 N–H and O–H groups in total. The van der Waals surface area contributed by atoms with Crippen molar-refractivity contribution in [3.63, 3.8) is 0 Å². The molecule has 6 nitrogen and oxygen atoms in total. The second-order valence-corrected chi connectivity index (χ2v) is 11.7. The average molecular weight is 589 g/mol. The van der Waals surface area contributed by atoms with Crippen molar-refractivity contribution in [3.05, 3.63) is 56.0 Å². The molecule has 12 heteroatoms. The quantitative estimate of drug-likeness (QED) is 0.446. The Morgan fingerprint density at radius 3 is 2.30 bits per heavy atom. The molecule has 4 aliphatic rings. The zero-order valence-corrected chi connectivity index (χ0v) is 22.2. The van der Waals surface area contributed by atoms with Gasteiger partial charge in [-0.05, 0) is 43.2 Å². The molecule has 0 bridgehead atoms. The van der Waals surface area contributed by atoms with Crippen LogP contribution in [-0.4, -0.2) is 41.6 Å². The maximum absolute atomic E-state index is 14.5. The van der Waals surface area contributed by atoms with Gasteiger partial charge in [-0.3, -0.25) is 19.3 Å². The molecule has 4 aliphatic heterocycles. The van der Waals surface area contributed by atoms with Crippen molar-refractivity contribution in [1.82, 2.24) is 4.90 Å². The highest BCUT2D eigenvalue weighted by Gasteiger charge is 2.83. The fraction of sp³-hybridized carbons (Fsp3) is 0.400. The van der Waals surface area contributed by atoms with Crippen molar-refractivity contribution in [1.29, 1.82) is 0 Å². The molecule has 5 unspecified atom stereocenters. The third kappa shape index (κ3) is 2.99. The minimum absolute atomic E-state index is 0.0497. The van der Waals surface area contributed by atoms with Gasteiger partial charge < -0.3 is 5.32 Å². The first-order valence-electron chi connectivity index (χ1n) is 11.7. The average Bonchev–Trinajstić information content (AvgIpc) is 3.48. The van der Waals surface area contributed by atoms with Crippen LogP contribution in [0.3, 0.4) is 0 Å². The molecular formula is C25H19Cl4F2N3O3. The number of alkyl halides is 2. The predicted molar refractivity (Wildman–Crippen MR) is 137 cm³/mol. The van der Waals surface area contributed by atoms with Gasteiger partial charge in [0.1, 0.15) is 5.54 Å². The van der Waals surface area contributed by atoms with Crippen LogP contribution >= 0.6 is 46.4 Å². The lowest BCUT2D eigenvalue weighted by Crippen LogP contribution is -2.60. The van der Waals surface area contributed by atoms with Crippen molar-refractivity contribution < 1.29 is 23.2 Å². The van der Waals surface area contributed by atoms with Crippen LogP contribution in [0.4, 0.5) is 20.2 Å². The molecule has 2 aromatic rings. The van der Waals surface area contributed by atoms with Gasteiger partial charge in [-0.15, -0.1) is 0 Å². The van der Waals surface area contributed by atoms with E-state index in [0.717, 1.165) is 4.90 Å². The molecule has 0 aliphatic carbocycles. The Bertz CT molecular complexity index is 1390. The maximum Gasteiger partial charge on any atom is 0.250 e.